The Labute approximate surface area is 217 Å². The van der Waals surface area contributed by atoms with Crippen LogP contribution in [0.2, 0.25) is 0 Å². The van der Waals surface area contributed by atoms with Gasteiger partial charge in [-0.2, -0.15) is 5.10 Å². The number of pyridine rings is 1. The molecule has 13 heteroatoms. The van der Waals surface area contributed by atoms with Crippen molar-refractivity contribution in [3.63, 3.8) is 0 Å². The number of halogens is 3. The summed E-state index contributed by atoms with van der Waals surface area (Å²) >= 11 is 0. The number of ketones is 1. The van der Waals surface area contributed by atoms with Gasteiger partial charge >= 0.3 is 0 Å². The van der Waals surface area contributed by atoms with Crippen LogP contribution in [0.1, 0.15) is 17.8 Å². The molecule has 2 aromatic heterocycles. The number of benzene rings is 1. The number of alkyl halides is 3. The third-order valence-corrected chi connectivity index (χ3v) is 7.79. The number of hydrogen-bond donors (Lipinski definition) is 1. The summed E-state index contributed by atoms with van der Waals surface area (Å²) in [7, 11) is -0.507. The second kappa shape index (κ2) is 9.53. The maximum absolute atomic E-state index is 13.5. The zero-order valence-corrected chi connectivity index (χ0v) is 21.6. The van der Waals surface area contributed by atoms with Gasteiger partial charge in [0.2, 0.25) is 10.0 Å². The van der Waals surface area contributed by atoms with Crippen LogP contribution in [-0.4, -0.2) is 60.6 Å². The van der Waals surface area contributed by atoms with E-state index in [-0.39, 0.29) is 42.1 Å². The molecule has 200 valence electrons. The molecule has 2 aliphatic rings. The highest BCUT2D eigenvalue weighted by atomic mass is 32.2. The topological polar surface area (TPSA) is 110 Å². The fourth-order valence-electron chi connectivity index (χ4n) is 4.34. The summed E-state index contributed by atoms with van der Waals surface area (Å²) in [4.78, 5) is 20.9. The first kappa shape index (κ1) is 25.9. The SMILES string of the molecule is CN(c1cc(-c2cnn(C)c2)ccc1Nc1cc(CC(=O)C2C[C@@H]2F)nc2c1N=C(C(F)F)C2)S(C)(=O)=O. The first-order valence-corrected chi connectivity index (χ1v) is 13.6. The number of anilines is 3. The number of nitrogens with one attached hydrogen (secondary N) is 1. The van der Waals surface area contributed by atoms with Crippen LogP contribution in [0.5, 0.6) is 0 Å². The minimum atomic E-state index is -3.67. The zero-order chi connectivity index (χ0) is 27.4. The van der Waals surface area contributed by atoms with Crippen LogP contribution in [0, 0.1) is 5.92 Å². The average Bonchev–Trinajstić information content (AvgIpc) is 3.21. The highest BCUT2D eigenvalue weighted by molar-refractivity contribution is 7.92. The van der Waals surface area contributed by atoms with Crippen molar-refractivity contribution in [3.05, 3.63) is 48.0 Å². The van der Waals surface area contributed by atoms with Crippen LogP contribution in [0.3, 0.4) is 0 Å². The molecule has 1 N–H and O–H groups in total. The van der Waals surface area contributed by atoms with Gasteiger partial charge in [0.1, 0.15) is 17.6 Å². The number of aliphatic imine (C=N–C) groups is 1. The minimum absolute atomic E-state index is 0.146. The summed E-state index contributed by atoms with van der Waals surface area (Å²) in [5.41, 5.74) is 2.83. The van der Waals surface area contributed by atoms with Gasteiger partial charge in [-0.25, -0.2) is 26.6 Å². The number of Topliss-reactive ketones (excluding diaryl/α,β-unsaturated/α-hetero) is 1. The standard InChI is InChI=1S/C25H25F3N6O3S/c1-33-12-14(11-29-33)13-4-5-18(22(6-13)34(2)38(3,36)37)31-19-7-15(8-23(35)16-9-17(16)26)30-20-10-21(25(27)28)32-24(19)20/h4-7,11-12,16-17,25H,8-10H2,1-3H3,(H,30,31)/t16?,17-/m0/s1. The van der Waals surface area contributed by atoms with Crippen molar-refractivity contribution in [1.82, 2.24) is 14.8 Å². The summed E-state index contributed by atoms with van der Waals surface area (Å²) < 4.78 is 68.0. The van der Waals surface area contributed by atoms with E-state index in [4.69, 9.17) is 0 Å². The molecule has 1 unspecified atom stereocenters. The Morgan fingerprint density at radius 1 is 1.24 bits per heavy atom. The van der Waals surface area contributed by atoms with Crippen LogP contribution < -0.4 is 9.62 Å². The Hall–Kier alpha value is -3.74. The molecule has 0 saturated heterocycles. The van der Waals surface area contributed by atoms with Crippen molar-refractivity contribution in [2.75, 3.05) is 22.9 Å². The number of nitrogens with zero attached hydrogens (tertiary/aromatic N) is 5. The molecule has 38 heavy (non-hydrogen) atoms. The lowest BCUT2D eigenvalue weighted by atomic mass is 10.1. The van der Waals surface area contributed by atoms with Crippen molar-refractivity contribution >= 4 is 44.3 Å². The van der Waals surface area contributed by atoms with E-state index in [1.807, 2.05) is 0 Å². The summed E-state index contributed by atoms with van der Waals surface area (Å²) in [5, 5.41) is 7.29. The smallest absolute Gasteiger partial charge is 0.277 e. The molecule has 0 spiro atoms. The molecule has 1 aromatic carbocycles. The second-order valence-corrected chi connectivity index (χ2v) is 11.5. The van der Waals surface area contributed by atoms with E-state index in [2.05, 4.69) is 20.4 Å². The highest BCUT2D eigenvalue weighted by Crippen LogP contribution is 2.41. The molecule has 1 saturated carbocycles. The lowest BCUT2D eigenvalue weighted by Crippen LogP contribution is -2.25. The number of rotatable bonds is 9. The van der Waals surface area contributed by atoms with Gasteiger partial charge in [-0.05, 0) is 30.2 Å². The summed E-state index contributed by atoms with van der Waals surface area (Å²) in [6.07, 6.45) is 0.404. The van der Waals surface area contributed by atoms with Crippen LogP contribution in [0.25, 0.3) is 11.1 Å². The highest BCUT2D eigenvalue weighted by Gasteiger charge is 2.43. The molecular weight excluding hydrogens is 521 g/mol. The van der Waals surface area contributed by atoms with E-state index in [1.54, 1.807) is 42.3 Å². The minimum Gasteiger partial charge on any atom is -0.352 e. The molecule has 0 bridgehead atoms. The van der Waals surface area contributed by atoms with E-state index in [0.29, 0.717) is 28.3 Å². The van der Waals surface area contributed by atoms with E-state index < -0.39 is 28.5 Å². The van der Waals surface area contributed by atoms with Crippen LogP contribution in [0.4, 0.5) is 35.9 Å². The van der Waals surface area contributed by atoms with Gasteiger partial charge in [0.25, 0.3) is 6.43 Å². The Balaban J connectivity index is 1.57. The quantitative estimate of drug-likeness (QED) is 0.435. The van der Waals surface area contributed by atoms with Gasteiger partial charge in [-0.1, -0.05) is 6.07 Å². The molecule has 2 atom stereocenters. The number of hydrogen-bond acceptors (Lipinski definition) is 7. The molecule has 1 fully saturated rings. The van der Waals surface area contributed by atoms with Gasteiger partial charge in [-0.3, -0.25) is 18.8 Å². The molecule has 0 amide bonds. The fourth-order valence-corrected chi connectivity index (χ4v) is 4.85. The van der Waals surface area contributed by atoms with E-state index >= 15 is 0 Å². The monoisotopic (exact) mass is 546 g/mol. The number of carbonyl (C=O) groups is 1. The Bertz CT molecular complexity index is 1570. The Kier molecular flexibility index (Phi) is 6.49. The van der Waals surface area contributed by atoms with Crippen molar-refractivity contribution in [3.8, 4) is 11.1 Å². The number of carbonyl (C=O) groups excluding carboxylic acids is 1. The van der Waals surface area contributed by atoms with Gasteiger partial charge < -0.3 is 5.32 Å². The molecule has 9 nitrogen and oxygen atoms in total. The predicted octanol–water partition coefficient (Wildman–Crippen LogP) is 3.98. The lowest BCUT2D eigenvalue weighted by Gasteiger charge is -2.22. The van der Waals surface area contributed by atoms with Crippen LogP contribution in [-0.2, 0) is 34.7 Å². The predicted molar refractivity (Wildman–Crippen MR) is 138 cm³/mol. The summed E-state index contributed by atoms with van der Waals surface area (Å²) in [6, 6.07) is 6.63. The Morgan fingerprint density at radius 3 is 2.58 bits per heavy atom. The molecule has 3 aromatic rings. The molecule has 0 radical (unpaired) electrons. The lowest BCUT2D eigenvalue weighted by molar-refractivity contribution is -0.120. The molecule has 1 aliphatic heterocycles. The van der Waals surface area contributed by atoms with Gasteiger partial charge in [-0.15, -0.1) is 0 Å². The van der Waals surface area contributed by atoms with Crippen LogP contribution >= 0.6 is 0 Å². The first-order chi connectivity index (χ1) is 17.9. The van der Waals surface area contributed by atoms with E-state index in [9.17, 15) is 26.4 Å². The summed E-state index contributed by atoms with van der Waals surface area (Å²) in [5.74, 6) is -0.966. The summed E-state index contributed by atoms with van der Waals surface area (Å²) in [6.45, 7) is 0. The molecule has 1 aliphatic carbocycles. The fraction of sp³-hybridized carbons (Fsp3) is 0.360. The average molecular weight is 547 g/mol. The van der Waals surface area contributed by atoms with E-state index in [0.717, 1.165) is 16.1 Å². The first-order valence-electron chi connectivity index (χ1n) is 11.8. The maximum atomic E-state index is 13.5. The van der Waals surface area contributed by atoms with Gasteiger partial charge in [0, 0.05) is 38.7 Å². The third-order valence-electron chi connectivity index (χ3n) is 6.60. The van der Waals surface area contributed by atoms with Gasteiger partial charge in [0.15, 0.2) is 0 Å². The molecule has 3 heterocycles. The second-order valence-electron chi connectivity index (χ2n) is 9.53. The molecular formula is C25H25F3N6O3S. The number of aryl methyl sites for hydroxylation is 1. The van der Waals surface area contributed by atoms with Crippen LogP contribution in [0.15, 0.2) is 41.7 Å². The zero-order valence-electron chi connectivity index (χ0n) is 20.8. The van der Waals surface area contributed by atoms with Crippen molar-refractivity contribution < 1.29 is 26.4 Å². The van der Waals surface area contributed by atoms with Crippen molar-refractivity contribution in [1.29, 1.82) is 0 Å². The van der Waals surface area contributed by atoms with Crippen molar-refractivity contribution in [2.24, 2.45) is 18.0 Å². The van der Waals surface area contributed by atoms with E-state index in [1.165, 1.54) is 13.1 Å². The molecule has 5 rings (SSSR count). The normalized spacial score (nSPS) is 18.3. The Morgan fingerprint density at radius 2 is 1.97 bits per heavy atom. The van der Waals surface area contributed by atoms with Crippen molar-refractivity contribution in [2.45, 2.75) is 31.9 Å². The van der Waals surface area contributed by atoms with Gasteiger partial charge in [0.05, 0.1) is 52.5 Å². The number of aromatic nitrogens is 3. The number of fused-ring (bicyclic) bond motifs is 1. The number of sulfonamides is 1. The third kappa shape index (κ3) is 5.15. The maximum Gasteiger partial charge on any atom is 0.277 e. The largest absolute Gasteiger partial charge is 0.352 e.